The number of methoxy groups -OCH3 is 1. The number of aliphatic hydroxyl groups is 1. The predicted molar refractivity (Wildman–Crippen MR) is 111 cm³/mol. The molecule has 4 rings (SSSR count). The molecule has 1 aromatic heterocycles. The normalized spacial score (nSPS) is 17.9. The largest absolute Gasteiger partial charge is 0.507 e. The van der Waals surface area contributed by atoms with Crippen LogP contribution in [0.4, 0.5) is 4.39 Å². The fourth-order valence-corrected chi connectivity index (χ4v) is 3.71. The Hall–Kier alpha value is -3.87. The average molecular weight is 421 g/mol. The molecule has 6 nitrogen and oxygen atoms in total. The number of aryl methyl sites for hydroxylation is 1. The molecule has 0 aliphatic carbocycles. The molecule has 1 fully saturated rings. The van der Waals surface area contributed by atoms with E-state index >= 15 is 0 Å². The van der Waals surface area contributed by atoms with Gasteiger partial charge in [0.05, 0.1) is 18.2 Å². The number of amides is 1. The molecule has 1 aliphatic heterocycles. The zero-order valence-corrected chi connectivity index (χ0v) is 17.0. The van der Waals surface area contributed by atoms with Crippen molar-refractivity contribution in [1.82, 2.24) is 4.90 Å². The number of hydrogen-bond donors (Lipinski definition) is 1. The van der Waals surface area contributed by atoms with E-state index in [-0.39, 0.29) is 23.4 Å². The third kappa shape index (κ3) is 3.70. The number of ketones is 1. The van der Waals surface area contributed by atoms with Gasteiger partial charge < -0.3 is 19.2 Å². The summed E-state index contributed by atoms with van der Waals surface area (Å²) < 4.78 is 24.4. The van der Waals surface area contributed by atoms with Gasteiger partial charge in [0, 0.05) is 6.54 Å². The molecule has 1 aliphatic rings. The molecule has 31 heavy (non-hydrogen) atoms. The maximum Gasteiger partial charge on any atom is 0.296 e. The highest BCUT2D eigenvalue weighted by molar-refractivity contribution is 6.46. The molecule has 0 radical (unpaired) electrons. The molecule has 0 bridgehead atoms. The Kier molecular flexibility index (Phi) is 5.33. The van der Waals surface area contributed by atoms with Crippen molar-refractivity contribution in [3.63, 3.8) is 0 Å². The van der Waals surface area contributed by atoms with Crippen LogP contribution in [0, 0.1) is 12.7 Å². The van der Waals surface area contributed by atoms with Crippen molar-refractivity contribution >= 4 is 17.4 Å². The first-order valence-electron chi connectivity index (χ1n) is 9.63. The number of carbonyl (C=O) groups is 2. The van der Waals surface area contributed by atoms with Gasteiger partial charge in [0.25, 0.3) is 11.7 Å². The van der Waals surface area contributed by atoms with E-state index in [0.717, 1.165) is 0 Å². The van der Waals surface area contributed by atoms with Crippen LogP contribution in [-0.4, -0.2) is 28.8 Å². The number of carbonyl (C=O) groups excluding carboxylic acids is 2. The smallest absolute Gasteiger partial charge is 0.296 e. The van der Waals surface area contributed by atoms with Gasteiger partial charge >= 0.3 is 0 Å². The highest BCUT2D eigenvalue weighted by Crippen LogP contribution is 2.42. The summed E-state index contributed by atoms with van der Waals surface area (Å²) in [6.07, 6.45) is 0. The summed E-state index contributed by atoms with van der Waals surface area (Å²) >= 11 is 0. The Morgan fingerprint density at radius 1 is 1.10 bits per heavy atom. The summed E-state index contributed by atoms with van der Waals surface area (Å²) in [5, 5.41) is 11.1. The van der Waals surface area contributed by atoms with Crippen molar-refractivity contribution in [3.05, 3.63) is 94.7 Å². The van der Waals surface area contributed by atoms with E-state index in [1.165, 1.54) is 24.1 Å². The minimum atomic E-state index is -0.941. The van der Waals surface area contributed by atoms with Crippen LogP contribution >= 0.6 is 0 Å². The number of para-hydroxylation sites is 1. The summed E-state index contributed by atoms with van der Waals surface area (Å²) in [7, 11) is 1.45. The molecule has 3 aromatic rings. The van der Waals surface area contributed by atoms with Gasteiger partial charge in [-0.25, -0.2) is 4.39 Å². The lowest BCUT2D eigenvalue weighted by molar-refractivity contribution is -0.140. The SMILES string of the molecule is COc1ccccc1/C(O)=C1/C(=O)C(=O)N(Cc2ccc(F)cc2)C1c1ccc(C)o1. The summed E-state index contributed by atoms with van der Waals surface area (Å²) in [6.45, 7) is 1.79. The van der Waals surface area contributed by atoms with Crippen LogP contribution in [-0.2, 0) is 16.1 Å². The van der Waals surface area contributed by atoms with Crippen molar-refractivity contribution in [2.75, 3.05) is 7.11 Å². The quantitative estimate of drug-likeness (QED) is 0.376. The van der Waals surface area contributed by atoms with Crippen LogP contribution in [0.25, 0.3) is 5.76 Å². The topological polar surface area (TPSA) is 80.0 Å². The van der Waals surface area contributed by atoms with Crippen molar-refractivity contribution in [3.8, 4) is 5.75 Å². The number of Topliss-reactive ketones (excluding diaryl/α,β-unsaturated/α-hetero) is 1. The Morgan fingerprint density at radius 3 is 2.45 bits per heavy atom. The lowest BCUT2D eigenvalue weighted by Gasteiger charge is -2.23. The summed E-state index contributed by atoms with van der Waals surface area (Å²) in [5.41, 5.74) is 0.831. The zero-order chi connectivity index (χ0) is 22.1. The van der Waals surface area contributed by atoms with Crippen LogP contribution in [0.15, 0.2) is 70.7 Å². The molecule has 158 valence electrons. The maximum absolute atomic E-state index is 13.3. The Balaban J connectivity index is 1.86. The van der Waals surface area contributed by atoms with Gasteiger partial charge in [-0.2, -0.15) is 0 Å². The molecule has 0 saturated carbocycles. The molecule has 2 aromatic carbocycles. The number of halogens is 1. The van der Waals surface area contributed by atoms with Crippen LogP contribution in [0.1, 0.15) is 28.7 Å². The first-order chi connectivity index (χ1) is 14.9. The Bertz CT molecular complexity index is 1180. The predicted octanol–water partition coefficient (Wildman–Crippen LogP) is 4.36. The van der Waals surface area contributed by atoms with Crippen molar-refractivity contribution in [1.29, 1.82) is 0 Å². The number of likely N-dealkylation sites (tertiary alicyclic amines) is 1. The number of rotatable bonds is 5. The van der Waals surface area contributed by atoms with Crippen molar-refractivity contribution < 1.29 is 28.2 Å². The van der Waals surface area contributed by atoms with E-state index in [0.29, 0.717) is 22.8 Å². The molecule has 2 heterocycles. The Morgan fingerprint density at radius 2 is 1.81 bits per heavy atom. The average Bonchev–Trinajstić information content (AvgIpc) is 3.31. The Labute approximate surface area is 178 Å². The fourth-order valence-electron chi connectivity index (χ4n) is 3.71. The highest BCUT2D eigenvalue weighted by Gasteiger charge is 2.47. The molecule has 0 spiro atoms. The molecular weight excluding hydrogens is 401 g/mol. The van der Waals surface area contributed by atoms with Gasteiger partial charge in [-0.05, 0) is 48.9 Å². The first-order valence-corrected chi connectivity index (χ1v) is 9.63. The van der Waals surface area contributed by atoms with Gasteiger partial charge in [0.15, 0.2) is 0 Å². The first kappa shape index (κ1) is 20.4. The van der Waals surface area contributed by atoms with Crippen LogP contribution < -0.4 is 4.74 Å². The van der Waals surface area contributed by atoms with Gasteiger partial charge in [-0.1, -0.05) is 24.3 Å². The van der Waals surface area contributed by atoms with E-state index in [1.54, 1.807) is 55.5 Å². The molecule has 1 amide bonds. The second kappa shape index (κ2) is 8.10. The minimum Gasteiger partial charge on any atom is -0.507 e. The van der Waals surface area contributed by atoms with E-state index in [2.05, 4.69) is 0 Å². The lowest BCUT2D eigenvalue weighted by Crippen LogP contribution is -2.29. The van der Waals surface area contributed by atoms with Crippen LogP contribution in [0.3, 0.4) is 0 Å². The zero-order valence-electron chi connectivity index (χ0n) is 17.0. The maximum atomic E-state index is 13.3. The molecule has 1 saturated heterocycles. The standard InChI is InChI=1S/C24H20FNO5/c1-14-7-12-19(31-14)21-20(22(27)17-5-3-4-6-18(17)30-2)23(28)24(29)26(21)13-15-8-10-16(25)11-9-15/h3-12,21,27H,13H2,1-2H3/b22-20-. The number of hydrogen-bond acceptors (Lipinski definition) is 5. The van der Waals surface area contributed by atoms with Gasteiger partial charge in [-0.15, -0.1) is 0 Å². The molecule has 1 atom stereocenters. The molecule has 1 unspecified atom stereocenters. The van der Waals surface area contributed by atoms with E-state index in [1.807, 2.05) is 0 Å². The minimum absolute atomic E-state index is 0.0397. The van der Waals surface area contributed by atoms with Crippen molar-refractivity contribution in [2.24, 2.45) is 0 Å². The number of nitrogens with zero attached hydrogens (tertiary/aromatic N) is 1. The monoisotopic (exact) mass is 421 g/mol. The summed E-state index contributed by atoms with van der Waals surface area (Å²) in [4.78, 5) is 27.3. The fraction of sp³-hybridized carbons (Fsp3) is 0.167. The number of ether oxygens (including phenoxy) is 1. The van der Waals surface area contributed by atoms with Gasteiger partial charge in [0.2, 0.25) is 0 Å². The number of aliphatic hydroxyl groups excluding tert-OH is 1. The second-order valence-electron chi connectivity index (χ2n) is 7.20. The van der Waals surface area contributed by atoms with Crippen LogP contribution in [0.2, 0.25) is 0 Å². The third-order valence-electron chi connectivity index (χ3n) is 5.20. The third-order valence-corrected chi connectivity index (χ3v) is 5.20. The van der Waals surface area contributed by atoms with Crippen molar-refractivity contribution in [2.45, 2.75) is 19.5 Å². The van der Waals surface area contributed by atoms with Gasteiger partial charge in [0.1, 0.15) is 34.9 Å². The molecule has 7 heteroatoms. The summed E-state index contributed by atoms with van der Waals surface area (Å²) in [5.74, 6) is -1.06. The van der Waals surface area contributed by atoms with E-state index in [4.69, 9.17) is 9.15 Å². The number of benzene rings is 2. The summed E-state index contributed by atoms with van der Waals surface area (Å²) in [6, 6.07) is 14.8. The van der Waals surface area contributed by atoms with E-state index in [9.17, 15) is 19.1 Å². The van der Waals surface area contributed by atoms with E-state index < -0.39 is 23.5 Å². The van der Waals surface area contributed by atoms with Gasteiger partial charge in [-0.3, -0.25) is 9.59 Å². The highest BCUT2D eigenvalue weighted by atomic mass is 19.1. The number of furan rings is 1. The van der Waals surface area contributed by atoms with Crippen LogP contribution in [0.5, 0.6) is 5.75 Å². The molecular formula is C24H20FNO5. The second-order valence-corrected chi connectivity index (χ2v) is 7.20. The lowest BCUT2D eigenvalue weighted by atomic mass is 9.98. The molecule has 1 N–H and O–H groups in total.